The molecule has 0 bridgehead atoms. The van der Waals surface area contributed by atoms with Gasteiger partial charge in [-0.25, -0.2) is 4.39 Å². The second-order valence-electron chi connectivity index (χ2n) is 5.04. The van der Waals surface area contributed by atoms with Crippen LogP contribution in [0.4, 0.5) is 10.1 Å². The summed E-state index contributed by atoms with van der Waals surface area (Å²) in [6.07, 6.45) is 1.93. The zero-order valence-electron chi connectivity index (χ0n) is 11.5. The lowest BCUT2D eigenvalue weighted by Crippen LogP contribution is -2.16. The number of anilines is 1. The fraction of sp³-hybridized carbons (Fsp3) is 0.357. The van der Waals surface area contributed by atoms with Crippen LogP contribution in [0.1, 0.15) is 41.0 Å². The van der Waals surface area contributed by atoms with E-state index in [1.165, 1.54) is 6.07 Å². The maximum atomic E-state index is 13.6. The molecule has 1 aromatic heterocycles. The molecule has 1 aliphatic heterocycles. The van der Waals surface area contributed by atoms with Gasteiger partial charge in [0, 0.05) is 0 Å². The molecule has 2 N–H and O–H groups in total. The highest BCUT2D eigenvalue weighted by atomic mass is 19.1. The fourth-order valence-electron chi connectivity index (χ4n) is 2.28. The first-order chi connectivity index (χ1) is 10.1. The van der Waals surface area contributed by atoms with Crippen molar-refractivity contribution in [1.82, 2.24) is 15.5 Å². The molecular weight excluding hydrogens is 275 g/mol. The molecule has 1 amide bonds. The number of amides is 1. The molecule has 3 rings (SSSR count). The minimum absolute atomic E-state index is 0.00486. The fourth-order valence-corrected chi connectivity index (χ4v) is 2.28. The molecule has 1 saturated heterocycles. The molecule has 1 fully saturated rings. The van der Waals surface area contributed by atoms with Gasteiger partial charge in [0.05, 0.1) is 11.7 Å². The number of aromatic nitrogens is 2. The van der Waals surface area contributed by atoms with E-state index in [9.17, 15) is 9.18 Å². The minimum atomic E-state index is -0.590. The first kappa shape index (κ1) is 13.7. The molecule has 0 radical (unpaired) electrons. The summed E-state index contributed by atoms with van der Waals surface area (Å²) in [4.78, 5) is 16.1. The zero-order chi connectivity index (χ0) is 14.8. The Morgan fingerprint density at radius 1 is 1.52 bits per heavy atom. The van der Waals surface area contributed by atoms with Gasteiger partial charge in [0.1, 0.15) is 5.82 Å². The first-order valence-electron chi connectivity index (χ1n) is 6.78. The average molecular weight is 290 g/mol. The molecule has 6 nitrogen and oxygen atoms in total. The number of halogens is 1. The summed E-state index contributed by atoms with van der Waals surface area (Å²) in [5, 5.41) is 9.30. The molecule has 2 aromatic rings. The summed E-state index contributed by atoms with van der Waals surface area (Å²) < 4.78 is 18.7. The molecule has 0 saturated carbocycles. The van der Waals surface area contributed by atoms with Crippen LogP contribution in [0.15, 0.2) is 22.7 Å². The highest BCUT2D eigenvalue weighted by molar-refractivity contribution is 6.01. The number of hydrogen-bond donors (Lipinski definition) is 2. The van der Waals surface area contributed by atoms with Crippen molar-refractivity contribution in [2.45, 2.75) is 25.8 Å². The van der Waals surface area contributed by atoms with E-state index in [0.717, 1.165) is 24.9 Å². The monoisotopic (exact) mass is 290 g/mol. The second-order valence-corrected chi connectivity index (χ2v) is 5.04. The number of hydrogen-bond acceptors (Lipinski definition) is 5. The van der Waals surface area contributed by atoms with Crippen LogP contribution >= 0.6 is 0 Å². The minimum Gasteiger partial charge on any atom is -0.337 e. The van der Waals surface area contributed by atoms with Crippen molar-refractivity contribution in [1.29, 1.82) is 0 Å². The molecule has 21 heavy (non-hydrogen) atoms. The molecule has 7 heteroatoms. The number of benzene rings is 1. The Balaban J connectivity index is 1.74. The van der Waals surface area contributed by atoms with Crippen LogP contribution < -0.4 is 10.6 Å². The lowest BCUT2D eigenvalue weighted by molar-refractivity contribution is 0.101. The Morgan fingerprint density at radius 2 is 2.38 bits per heavy atom. The van der Waals surface area contributed by atoms with E-state index in [2.05, 4.69) is 20.8 Å². The van der Waals surface area contributed by atoms with E-state index >= 15 is 0 Å². The van der Waals surface area contributed by atoms with E-state index in [4.69, 9.17) is 4.52 Å². The number of nitrogens with zero attached hydrogens (tertiary/aromatic N) is 2. The molecule has 1 aromatic carbocycles. The summed E-state index contributed by atoms with van der Waals surface area (Å²) in [6, 6.07) is 4.47. The zero-order valence-corrected chi connectivity index (χ0v) is 11.5. The first-order valence-corrected chi connectivity index (χ1v) is 6.78. The van der Waals surface area contributed by atoms with Crippen molar-refractivity contribution < 1.29 is 13.7 Å². The maximum absolute atomic E-state index is 13.6. The molecule has 1 atom stereocenters. The van der Waals surface area contributed by atoms with E-state index < -0.39 is 11.7 Å². The Hall–Kier alpha value is -2.28. The number of aryl methyl sites for hydroxylation is 1. The Bertz CT molecular complexity index is 665. The summed E-state index contributed by atoms with van der Waals surface area (Å²) in [5.41, 5.74) is 0.945. The van der Waals surface area contributed by atoms with Gasteiger partial charge in [-0.15, -0.1) is 0 Å². The molecule has 0 spiro atoms. The van der Waals surface area contributed by atoms with E-state index in [1.54, 1.807) is 12.1 Å². The highest BCUT2D eigenvalue weighted by Gasteiger charge is 2.24. The van der Waals surface area contributed by atoms with E-state index in [1.807, 2.05) is 6.92 Å². The standard InChI is InChI=1S/C14H15FN4O2/c1-8-4-5-9(15)11(7-8)17-13(20)12-18-14(21-19-12)10-3-2-6-16-10/h4-5,7,10,16H,2-3,6H2,1H3,(H,17,20). The van der Waals surface area contributed by atoms with Crippen molar-refractivity contribution in [3.05, 3.63) is 41.3 Å². The molecule has 2 heterocycles. The Morgan fingerprint density at radius 3 is 3.14 bits per heavy atom. The molecular formula is C14H15FN4O2. The largest absolute Gasteiger partial charge is 0.337 e. The lowest BCUT2D eigenvalue weighted by Gasteiger charge is -2.04. The van der Waals surface area contributed by atoms with E-state index in [-0.39, 0.29) is 17.6 Å². The average Bonchev–Trinajstić information content (AvgIpc) is 3.12. The van der Waals surface area contributed by atoms with Gasteiger partial charge >= 0.3 is 0 Å². The van der Waals surface area contributed by atoms with Gasteiger partial charge in [0.15, 0.2) is 0 Å². The lowest BCUT2D eigenvalue weighted by atomic mass is 10.2. The third-order valence-corrected chi connectivity index (χ3v) is 3.37. The topological polar surface area (TPSA) is 80.0 Å². The summed E-state index contributed by atoms with van der Waals surface area (Å²) in [7, 11) is 0. The third-order valence-electron chi connectivity index (χ3n) is 3.37. The summed E-state index contributed by atoms with van der Waals surface area (Å²) in [6.45, 7) is 2.70. The van der Waals surface area contributed by atoms with Crippen LogP contribution in [0.5, 0.6) is 0 Å². The number of nitrogens with one attached hydrogen (secondary N) is 2. The quantitative estimate of drug-likeness (QED) is 0.905. The predicted octanol–water partition coefficient (Wildman–Crippen LogP) is 2.19. The van der Waals surface area contributed by atoms with Crippen LogP contribution in [0.2, 0.25) is 0 Å². The van der Waals surface area contributed by atoms with Gasteiger partial charge in [-0.3, -0.25) is 4.79 Å². The van der Waals surface area contributed by atoms with Gasteiger partial charge in [0.2, 0.25) is 5.89 Å². The SMILES string of the molecule is Cc1ccc(F)c(NC(=O)c2noc(C3CCCN3)n2)c1. The Labute approximate surface area is 120 Å². The normalized spacial score (nSPS) is 17.9. The van der Waals surface area contributed by atoms with Gasteiger partial charge in [-0.05, 0) is 44.0 Å². The van der Waals surface area contributed by atoms with Crippen molar-refractivity contribution in [2.75, 3.05) is 11.9 Å². The number of rotatable bonds is 3. The van der Waals surface area contributed by atoms with E-state index in [0.29, 0.717) is 5.89 Å². The summed E-state index contributed by atoms with van der Waals surface area (Å²) >= 11 is 0. The van der Waals surface area contributed by atoms with Gasteiger partial charge in [-0.1, -0.05) is 11.2 Å². The molecule has 110 valence electrons. The van der Waals surface area contributed by atoms with Crippen molar-refractivity contribution in [3.63, 3.8) is 0 Å². The predicted molar refractivity (Wildman–Crippen MR) is 73.4 cm³/mol. The third kappa shape index (κ3) is 2.92. The van der Waals surface area contributed by atoms with Crippen LogP contribution in [0, 0.1) is 12.7 Å². The van der Waals surface area contributed by atoms with Gasteiger partial charge in [-0.2, -0.15) is 4.98 Å². The van der Waals surface area contributed by atoms with Crippen LogP contribution in [0.3, 0.4) is 0 Å². The maximum Gasteiger partial charge on any atom is 0.297 e. The highest BCUT2D eigenvalue weighted by Crippen LogP contribution is 2.21. The number of carbonyl (C=O) groups is 1. The van der Waals surface area contributed by atoms with Crippen LogP contribution in [-0.4, -0.2) is 22.6 Å². The smallest absolute Gasteiger partial charge is 0.297 e. The summed E-state index contributed by atoms with van der Waals surface area (Å²) in [5.74, 6) is -0.801. The number of carbonyl (C=O) groups excluding carboxylic acids is 1. The van der Waals surface area contributed by atoms with Crippen molar-refractivity contribution in [2.24, 2.45) is 0 Å². The van der Waals surface area contributed by atoms with Crippen LogP contribution in [-0.2, 0) is 0 Å². The van der Waals surface area contributed by atoms with Gasteiger partial charge < -0.3 is 15.2 Å². The molecule has 0 aliphatic carbocycles. The molecule has 1 aliphatic rings. The second kappa shape index (κ2) is 5.61. The van der Waals surface area contributed by atoms with Crippen molar-refractivity contribution in [3.8, 4) is 0 Å². The van der Waals surface area contributed by atoms with Gasteiger partial charge in [0.25, 0.3) is 11.7 Å². The molecule has 1 unspecified atom stereocenters. The van der Waals surface area contributed by atoms with Crippen LogP contribution in [0.25, 0.3) is 0 Å². The van der Waals surface area contributed by atoms with Crippen molar-refractivity contribution >= 4 is 11.6 Å². The Kier molecular flexibility index (Phi) is 3.66.